The molecular weight excluding hydrogens is 437 g/mol. The van der Waals surface area contributed by atoms with Crippen molar-refractivity contribution in [2.45, 2.75) is 37.5 Å². The minimum Gasteiger partial charge on any atom is -0.491 e. The SMILES string of the molecule is CC(O)c1ncc(OCCN2CCC3(CC2)C(=O)Nc2ccc(C#N)cc23)cc1C(F)(F)F. The molecule has 1 unspecified atom stereocenters. The maximum Gasteiger partial charge on any atom is 0.418 e. The molecule has 7 nitrogen and oxygen atoms in total. The van der Waals surface area contributed by atoms with Gasteiger partial charge in [-0.3, -0.25) is 14.7 Å². The van der Waals surface area contributed by atoms with Crippen molar-refractivity contribution >= 4 is 11.6 Å². The molecule has 1 fully saturated rings. The summed E-state index contributed by atoms with van der Waals surface area (Å²) in [6.45, 7) is 3.08. The minimum absolute atomic E-state index is 0.0201. The van der Waals surface area contributed by atoms with E-state index in [1.54, 1.807) is 18.2 Å². The van der Waals surface area contributed by atoms with E-state index in [1.165, 1.54) is 13.1 Å². The molecule has 0 saturated carbocycles. The average molecular weight is 460 g/mol. The number of anilines is 1. The normalized spacial score (nSPS) is 18.5. The highest BCUT2D eigenvalue weighted by atomic mass is 19.4. The summed E-state index contributed by atoms with van der Waals surface area (Å²) < 4.78 is 45.3. The Bertz CT molecular complexity index is 1100. The van der Waals surface area contributed by atoms with Gasteiger partial charge in [-0.25, -0.2) is 0 Å². The number of ether oxygens (including phenoxy) is 1. The first-order valence-electron chi connectivity index (χ1n) is 10.6. The Labute approximate surface area is 188 Å². The number of carbonyl (C=O) groups excluding carboxylic acids is 1. The predicted molar refractivity (Wildman–Crippen MR) is 113 cm³/mol. The highest BCUT2D eigenvalue weighted by molar-refractivity contribution is 6.06. The van der Waals surface area contributed by atoms with Crippen LogP contribution in [-0.4, -0.2) is 47.1 Å². The predicted octanol–water partition coefficient (Wildman–Crippen LogP) is 3.39. The van der Waals surface area contributed by atoms with E-state index in [0.29, 0.717) is 38.0 Å². The molecule has 1 aromatic heterocycles. The zero-order chi connectivity index (χ0) is 23.8. The van der Waals surface area contributed by atoms with Crippen molar-refractivity contribution in [3.8, 4) is 11.8 Å². The molecule has 1 aromatic carbocycles. The van der Waals surface area contributed by atoms with Gasteiger partial charge in [0.15, 0.2) is 0 Å². The number of benzene rings is 1. The van der Waals surface area contributed by atoms with Crippen LogP contribution in [0.5, 0.6) is 5.75 Å². The molecule has 0 bridgehead atoms. The second kappa shape index (κ2) is 8.65. The summed E-state index contributed by atoms with van der Waals surface area (Å²) >= 11 is 0. The van der Waals surface area contributed by atoms with Gasteiger partial charge in [-0.1, -0.05) is 0 Å². The minimum atomic E-state index is -4.65. The first-order valence-corrected chi connectivity index (χ1v) is 10.6. The quantitative estimate of drug-likeness (QED) is 0.710. The van der Waals surface area contributed by atoms with Gasteiger partial charge in [0.1, 0.15) is 12.4 Å². The van der Waals surface area contributed by atoms with Crippen LogP contribution >= 0.6 is 0 Å². The van der Waals surface area contributed by atoms with Crippen molar-refractivity contribution < 1.29 is 27.8 Å². The number of amides is 1. The lowest BCUT2D eigenvalue weighted by Crippen LogP contribution is -2.47. The van der Waals surface area contributed by atoms with Crippen molar-refractivity contribution in [1.82, 2.24) is 9.88 Å². The van der Waals surface area contributed by atoms with E-state index in [4.69, 9.17) is 4.74 Å². The zero-order valence-corrected chi connectivity index (χ0v) is 17.9. The maximum atomic E-state index is 13.3. The third-order valence-corrected chi connectivity index (χ3v) is 6.33. The molecule has 1 amide bonds. The molecule has 0 radical (unpaired) electrons. The van der Waals surface area contributed by atoms with Gasteiger partial charge in [0.05, 0.1) is 40.6 Å². The number of hydrogen-bond donors (Lipinski definition) is 2. The fourth-order valence-corrected chi connectivity index (χ4v) is 4.53. The molecule has 2 N–H and O–H groups in total. The number of rotatable bonds is 5. The van der Waals surface area contributed by atoms with Crippen molar-refractivity contribution in [2.24, 2.45) is 0 Å². The van der Waals surface area contributed by atoms with E-state index in [9.17, 15) is 28.3 Å². The second-order valence-electron chi connectivity index (χ2n) is 8.38. The lowest BCUT2D eigenvalue weighted by atomic mass is 9.73. The number of carbonyl (C=O) groups is 1. The molecule has 1 atom stereocenters. The Balaban J connectivity index is 1.37. The van der Waals surface area contributed by atoms with Gasteiger partial charge in [-0.15, -0.1) is 0 Å². The van der Waals surface area contributed by atoms with Crippen LogP contribution in [-0.2, 0) is 16.4 Å². The van der Waals surface area contributed by atoms with Crippen LogP contribution in [0.2, 0.25) is 0 Å². The summed E-state index contributed by atoms with van der Waals surface area (Å²) in [5.74, 6) is -0.0826. The molecule has 10 heteroatoms. The molecule has 1 saturated heterocycles. The van der Waals surface area contributed by atoms with E-state index in [-0.39, 0.29) is 18.3 Å². The second-order valence-corrected chi connectivity index (χ2v) is 8.38. The number of alkyl halides is 3. The van der Waals surface area contributed by atoms with Gasteiger partial charge in [-0.05, 0) is 62.7 Å². The van der Waals surface area contributed by atoms with Crippen molar-refractivity contribution in [3.63, 3.8) is 0 Å². The van der Waals surface area contributed by atoms with Gasteiger partial charge in [0.25, 0.3) is 0 Å². The van der Waals surface area contributed by atoms with Crippen LogP contribution in [0.25, 0.3) is 0 Å². The molecule has 2 aliphatic heterocycles. The highest BCUT2D eigenvalue weighted by Gasteiger charge is 2.48. The Kier molecular flexibility index (Phi) is 6.03. The van der Waals surface area contributed by atoms with Crippen LogP contribution in [0.1, 0.15) is 48.3 Å². The fraction of sp³-hybridized carbons (Fsp3) is 0.435. The molecular formula is C23H23F3N4O3. The summed E-state index contributed by atoms with van der Waals surface area (Å²) in [5, 5.41) is 21.7. The van der Waals surface area contributed by atoms with Gasteiger partial charge in [0.2, 0.25) is 5.91 Å². The summed E-state index contributed by atoms with van der Waals surface area (Å²) in [7, 11) is 0. The smallest absolute Gasteiger partial charge is 0.418 e. The fourth-order valence-electron chi connectivity index (χ4n) is 4.53. The lowest BCUT2D eigenvalue weighted by Gasteiger charge is -2.37. The van der Waals surface area contributed by atoms with Gasteiger partial charge >= 0.3 is 6.18 Å². The summed E-state index contributed by atoms with van der Waals surface area (Å²) in [4.78, 5) is 18.6. The first-order chi connectivity index (χ1) is 15.6. The number of nitriles is 1. The summed E-state index contributed by atoms with van der Waals surface area (Å²) in [6, 6.07) is 8.17. The molecule has 2 aliphatic rings. The number of nitrogens with one attached hydrogen (secondary N) is 1. The summed E-state index contributed by atoms with van der Waals surface area (Å²) in [6.07, 6.45) is -3.68. The van der Waals surface area contributed by atoms with E-state index in [0.717, 1.165) is 17.3 Å². The van der Waals surface area contributed by atoms with Gasteiger partial charge < -0.3 is 15.2 Å². The number of aromatic nitrogens is 1. The number of aliphatic hydroxyl groups excluding tert-OH is 1. The number of nitrogens with zero attached hydrogens (tertiary/aromatic N) is 3. The van der Waals surface area contributed by atoms with Crippen LogP contribution in [0.3, 0.4) is 0 Å². The first kappa shape index (κ1) is 23.0. The third-order valence-electron chi connectivity index (χ3n) is 6.33. The number of fused-ring (bicyclic) bond motifs is 2. The van der Waals surface area contributed by atoms with Crippen LogP contribution < -0.4 is 10.1 Å². The van der Waals surface area contributed by atoms with E-state index >= 15 is 0 Å². The number of aliphatic hydroxyl groups is 1. The number of halogens is 3. The zero-order valence-electron chi connectivity index (χ0n) is 17.9. The van der Waals surface area contributed by atoms with E-state index in [2.05, 4.69) is 21.3 Å². The Morgan fingerprint density at radius 1 is 1.33 bits per heavy atom. The number of piperidine rings is 1. The molecule has 33 heavy (non-hydrogen) atoms. The number of hydrogen-bond acceptors (Lipinski definition) is 6. The number of likely N-dealkylation sites (tertiary alicyclic amines) is 1. The van der Waals surface area contributed by atoms with Crippen molar-refractivity contribution in [1.29, 1.82) is 5.26 Å². The summed E-state index contributed by atoms with van der Waals surface area (Å²) in [5.41, 5.74) is -0.0184. The van der Waals surface area contributed by atoms with Gasteiger partial charge in [-0.2, -0.15) is 18.4 Å². The lowest BCUT2D eigenvalue weighted by molar-refractivity contribution is -0.139. The van der Waals surface area contributed by atoms with Crippen molar-refractivity contribution in [2.75, 3.05) is 31.6 Å². The standard InChI is InChI=1S/C23H23F3N4O3/c1-14(31)20-18(23(24,25)26)11-16(13-28-20)33-9-8-30-6-4-22(5-7-30)17-10-15(12-27)2-3-19(17)29-21(22)32/h2-3,10-11,13-14,31H,4-9H2,1H3,(H,29,32). The Morgan fingerprint density at radius 3 is 2.70 bits per heavy atom. The van der Waals surface area contributed by atoms with Crippen LogP contribution in [0.4, 0.5) is 18.9 Å². The topological polar surface area (TPSA) is 98.5 Å². The van der Waals surface area contributed by atoms with Crippen LogP contribution in [0, 0.1) is 11.3 Å². The maximum absolute atomic E-state index is 13.3. The largest absolute Gasteiger partial charge is 0.491 e. The third kappa shape index (κ3) is 4.38. The van der Waals surface area contributed by atoms with Gasteiger partial charge in [0, 0.05) is 12.2 Å². The molecule has 4 rings (SSSR count). The van der Waals surface area contributed by atoms with E-state index < -0.39 is 29.0 Å². The molecule has 174 valence electrons. The monoisotopic (exact) mass is 460 g/mol. The average Bonchev–Trinajstić information content (AvgIpc) is 3.04. The molecule has 3 heterocycles. The molecule has 2 aromatic rings. The Morgan fingerprint density at radius 2 is 2.06 bits per heavy atom. The van der Waals surface area contributed by atoms with Crippen LogP contribution in [0.15, 0.2) is 30.5 Å². The molecule has 1 spiro atoms. The Hall–Kier alpha value is -3.16. The van der Waals surface area contributed by atoms with E-state index in [1.807, 2.05) is 0 Å². The van der Waals surface area contributed by atoms with Crippen molar-refractivity contribution in [3.05, 3.63) is 52.8 Å². The molecule has 0 aliphatic carbocycles. The number of pyridine rings is 1. The highest BCUT2D eigenvalue weighted by Crippen LogP contribution is 2.45.